The molecule has 0 bridgehead atoms. The van der Waals surface area contributed by atoms with Crippen molar-refractivity contribution in [1.82, 2.24) is 5.32 Å². The topological polar surface area (TPSA) is 92.7 Å². The van der Waals surface area contributed by atoms with Gasteiger partial charge in [0.15, 0.2) is 0 Å². The van der Waals surface area contributed by atoms with Gasteiger partial charge in [0.05, 0.1) is 0 Å². The van der Waals surface area contributed by atoms with E-state index in [4.69, 9.17) is 9.84 Å². The van der Waals surface area contributed by atoms with Crippen LogP contribution in [-0.4, -0.2) is 35.6 Å². The van der Waals surface area contributed by atoms with Gasteiger partial charge in [-0.05, 0) is 116 Å². The Balaban J connectivity index is 4.35. The van der Waals surface area contributed by atoms with E-state index in [9.17, 15) is 14.4 Å². The van der Waals surface area contributed by atoms with E-state index in [1.165, 1.54) is 0 Å². The van der Waals surface area contributed by atoms with Gasteiger partial charge in [-0.25, -0.2) is 0 Å². The van der Waals surface area contributed by atoms with Crippen LogP contribution in [0.25, 0.3) is 0 Å². The highest BCUT2D eigenvalue weighted by Crippen LogP contribution is 2.18. The van der Waals surface area contributed by atoms with Gasteiger partial charge >= 0.3 is 11.9 Å². The number of hydrogen-bond donors (Lipinski definition) is 2. The molecule has 6 heteroatoms. The van der Waals surface area contributed by atoms with Crippen LogP contribution in [-0.2, 0) is 19.1 Å². The Kier molecular flexibility index (Phi) is 39.2. The lowest BCUT2D eigenvalue weighted by molar-refractivity contribution is -0.150. The zero-order valence-corrected chi connectivity index (χ0v) is 34.3. The number of rotatable bonds is 37. The Morgan fingerprint density at radius 2 is 0.852 bits per heavy atom. The highest BCUT2D eigenvalue weighted by molar-refractivity contribution is 5.80. The molecule has 0 aromatic carbocycles. The number of carboxylic acid groups (broad SMARTS) is 1. The number of carbonyl (C=O) groups is 3. The molecule has 0 saturated carbocycles. The number of aliphatic carboxylic acids is 1. The van der Waals surface area contributed by atoms with Crippen molar-refractivity contribution in [2.75, 3.05) is 6.54 Å². The zero-order valence-electron chi connectivity index (χ0n) is 34.3. The molecule has 0 radical (unpaired) electrons. The molecule has 0 aliphatic heterocycles. The van der Waals surface area contributed by atoms with Gasteiger partial charge in [-0.3, -0.25) is 14.4 Å². The Morgan fingerprint density at radius 1 is 0.481 bits per heavy atom. The van der Waals surface area contributed by atoms with E-state index in [0.717, 1.165) is 148 Å². The number of amides is 1. The summed E-state index contributed by atoms with van der Waals surface area (Å²) < 4.78 is 6.00. The first-order valence-electron chi connectivity index (χ1n) is 21.4. The number of carboxylic acids is 1. The van der Waals surface area contributed by atoms with Crippen molar-refractivity contribution >= 4 is 17.8 Å². The fourth-order valence-electron chi connectivity index (χ4n) is 5.67. The molecule has 0 aromatic heterocycles. The third-order valence-electron chi connectivity index (χ3n) is 8.75. The number of carbonyl (C=O) groups excluding carboxylic acids is 2. The lowest BCUT2D eigenvalue weighted by Crippen LogP contribution is -2.28. The van der Waals surface area contributed by atoms with Crippen molar-refractivity contribution in [1.29, 1.82) is 0 Å². The minimum atomic E-state index is -1.03. The predicted octanol–water partition coefficient (Wildman–Crippen LogP) is 13.3. The summed E-state index contributed by atoms with van der Waals surface area (Å²) in [6.07, 6.45) is 59.5. The zero-order chi connectivity index (χ0) is 39.4. The van der Waals surface area contributed by atoms with Crippen molar-refractivity contribution in [2.45, 2.75) is 180 Å². The number of allylic oxidation sites excluding steroid dienone is 16. The minimum Gasteiger partial charge on any atom is -0.480 e. The first-order chi connectivity index (χ1) is 26.5. The van der Waals surface area contributed by atoms with Crippen molar-refractivity contribution < 1.29 is 24.2 Å². The molecule has 0 rings (SSSR count). The molecule has 0 aromatic rings. The summed E-state index contributed by atoms with van der Waals surface area (Å²) in [7, 11) is 0. The van der Waals surface area contributed by atoms with Gasteiger partial charge in [0, 0.05) is 12.8 Å². The SMILES string of the molecule is CC/C=C\C/C=C\C/C=C\C/C=C\CCCCCCC(=O)OC(CCCC/C=C\C/C=C\C/C=C\C/C=C\CC)CCCCCCCC(=O)NCC(=O)O. The molecule has 2 N–H and O–H groups in total. The number of unbranched alkanes of at least 4 members (excludes halogenated alkanes) is 10. The van der Waals surface area contributed by atoms with Crippen LogP contribution in [0.15, 0.2) is 97.2 Å². The highest BCUT2D eigenvalue weighted by atomic mass is 16.5. The fraction of sp³-hybridized carbons (Fsp3) is 0.604. The second-order valence-electron chi connectivity index (χ2n) is 13.8. The third kappa shape index (κ3) is 41.1. The Morgan fingerprint density at radius 3 is 1.33 bits per heavy atom. The molecule has 304 valence electrons. The van der Waals surface area contributed by atoms with E-state index in [1.807, 2.05) is 0 Å². The summed E-state index contributed by atoms with van der Waals surface area (Å²) in [6, 6.07) is 0. The maximum absolute atomic E-state index is 12.8. The first-order valence-corrected chi connectivity index (χ1v) is 21.4. The van der Waals surface area contributed by atoms with Crippen molar-refractivity contribution in [3.05, 3.63) is 97.2 Å². The summed E-state index contributed by atoms with van der Waals surface area (Å²) in [5.41, 5.74) is 0. The van der Waals surface area contributed by atoms with Crippen LogP contribution in [0.2, 0.25) is 0 Å². The van der Waals surface area contributed by atoms with Crippen LogP contribution in [0.5, 0.6) is 0 Å². The molecule has 0 fully saturated rings. The van der Waals surface area contributed by atoms with E-state index in [2.05, 4.69) is 116 Å². The standard InChI is InChI=1S/C48H77NO5/c1-3-5-7-9-11-13-15-17-19-20-22-24-26-28-30-35-39-43-48(53)54-45(41-37-33-31-34-38-42-46(50)49-44-47(51)52)40-36-32-29-27-25-23-21-18-16-14-12-10-8-6-4-2/h5-8,11-14,17-19,21-22,24-25,27,45H,3-4,9-10,15-16,20,23,26,28-44H2,1-2H3,(H,49,50)(H,51,52)/b7-5-,8-6-,13-11-,14-12-,19-17-,21-18-,24-22-,27-25-. The summed E-state index contributed by atoms with van der Waals surface area (Å²) in [5, 5.41) is 11.1. The van der Waals surface area contributed by atoms with Crippen LogP contribution < -0.4 is 5.32 Å². The normalized spacial score (nSPS) is 13.1. The van der Waals surface area contributed by atoms with Crippen LogP contribution in [0.1, 0.15) is 174 Å². The van der Waals surface area contributed by atoms with Gasteiger partial charge in [0.2, 0.25) is 5.91 Å². The molecule has 1 amide bonds. The van der Waals surface area contributed by atoms with Crippen LogP contribution >= 0.6 is 0 Å². The third-order valence-corrected chi connectivity index (χ3v) is 8.75. The second-order valence-corrected chi connectivity index (χ2v) is 13.8. The van der Waals surface area contributed by atoms with E-state index >= 15 is 0 Å². The molecule has 0 aliphatic carbocycles. The van der Waals surface area contributed by atoms with E-state index in [-0.39, 0.29) is 24.5 Å². The van der Waals surface area contributed by atoms with Gasteiger partial charge < -0.3 is 15.2 Å². The molecule has 0 heterocycles. The van der Waals surface area contributed by atoms with E-state index < -0.39 is 5.97 Å². The monoisotopic (exact) mass is 748 g/mol. The van der Waals surface area contributed by atoms with Gasteiger partial charge in [-0.1, -0.05) is 143 Å². The smallest absolute Gasteiger partial charge is 0.322 e. The number of nitrogens with one attached hydrogen (secondary N) is 1. The minimum absolute atomic E-state index is 0.0325. The molecule has 6 nitrogen and oxygen atoms in total. The second kappa shape index (κ2) is 42.1. The molecule has 0 saturated heterocycles. The number of ether oxygens (including phenoxy) is 1. The Hall–Kier alpha value is -3.67. The van der Waals surface area contributed by atoms with Crippen molar-refractivity contribution in [3.63, 3.8) is 0 Å². The van der Waals surface area contributed by atoms with Crippen molar-refractivity contribution in [2.24, 2.45) is 0 Å². The summed E-state index contributed by atoms with van der Waals surface area (Å²) in [4.78, 5) is 35.1. The van der Waals surface area contributed by atoms with E-state index in [1.54, 1.807) is 0 Å². The lowest BCUT2D eigenvalue weighted by atomic mass is 10.0. The Labute approximate surface area is 330 Å². The highest BCUT2D eigenvalue weighted by Gasteiger charge is 2.14. The molecule has 0 spiro atoms. The largest absolute Gasteiger partial charge is 0.480 e. The summed E-state index contributed by atoms with van der Waals surface area (Å²) in [6.45, 7) is 3.98. The molecular weight excluding hydrogens is 671 g/mol. The average Bonchev–Trinajstić information content (AvgIpc) is 3.16. The van der Waals surface area contributed by atoms with Crippen LogP contribution in [0.3, 0.4) is 0 Å². The van der Waals surface area contributed by atoms with Gasteiger partial charge in [-0.15, -0.1) is 0 Å². The van der Waals surface area contributed by atoms with Gasteiger partial charge in [0.25, 0.3) is 0 Å². The molecule has 1 atom stereocenters. The molecule has 1 unspecified atom stereocenters. The average molecular weight is 748 g/mol. The number of hydrogen-bond acceptors (Lipinski definition) is 4. The fourth-order valence-corrected chi connectivity index (χ4v) is 5.67. The number of esters is 1. The Bertz CT molecular complexity index is 1140. The van der Waals surface area contributed by atoms with E-state index in [0.29, 0.717) is 12.8 Å². The van der Waals surface area contributed by atoms with Crippen molar-refractivity contribution in [3.8, 4) is 0 Å². The molecule has 0 aliphatic rings. The molecule has 54 heavy (non-hydrogen) atoms. The van der Waals surface area contributed by atoms with Crippen LogP contribution in [0, 0.1) is 0 Å². The predicted molar refractivity (Wildman–Crippen MR) is 230 cm³/mol. The maximum atomic E-state index is 12.8. The summed E-state index contributed by atoms with van der Waals surface area (Å²) in [5.74, 6) is -1.30. The maximum Gasteiger partial charge on any atom is 0.322 e. The quantitative estimate of drug-likeness (QED) is 0.0375. The summed E-state index contributed by atoms with van der Waals surface area (Å²) >= 11 is 0. The van der Waals surface area contributed by atoms with Gasteiger partial charge in [0.1, 0.15) is 12.6 Å². The van der Waals surface area contributed by atoms with Gasteiger partial charge in [-0.2, -0.15) is 0 Å². The lowest BCUT2D eigenvalue weighted by Gasteiger charge is -2.18. The van der Waals surface area contributed by atoms with Crippen LogP contribution in [0.4, 0.5) is 0 Å². The first kappa shape index (κ1) is 50.3. The molecular formula is C48H77NO5.